The molecule has 0 aliphatic carbocycles. The van der Waals surface area contributed by atoms with Crippen LogP contribution in [0.15, 0.2) is 12.4 Å². The van der Waals surface area contributed by atoms with Crippen molar-refractivity contribution in [2.24, 2.45) is 0 Å². The first-order chi connectivity index (χ1) is 5.86. The lowest BCUT2D eigenvalue weighted by Gasteiger charge is -1.98. The Kier molecular flexibility index (Phi) is 3.35. The van der Waals surface area contributed by atoms with E-state index < -0.39 is 0 Å². The smallest absolute Gasteiger partial charge is 0.153 e. The lowest BCUT2D eigenvalue weighted by Crippen LogP contribution is -1.99. The molecule has 0 aliphatic heterocycles. The lowest BCUT2D eigenvalue weighted by molar-refractivity contribution is 0.112. The first kappa shape index (κ1) is 8.80. The minimum absolute atomic E-state index is 0.398. The van der Waals surface area contributed by atoms with Gasteiger partial charge in [0.25, 0.3) is 0 Å². The second-order valence-electron chi connectivity index (χ2n) is 2.19. The highest BCUT2D eigenvalue weighted by atomic mass is 16.5. The molecule has 0 unspecified atom stereocenters. The van der Waals surface area contributed by atoms with Crippen LogP contribution in [0.1, 0.15) is 23.1 Å². The van der Waals surface area contributed by atoms with Gasteiger partial charge in [0.2, 0.25) is 0 Å². The van der Waals surface area contributed by atoms with Crippen LogP contribution in [0, 0.1) is 0 Å². The highest BCUT2D eigenvalue weighted by Gasteiger charge is 1.95. The van der Waals surface area contributed by atoms with E-state index in [2.05, 4.69) is 9.97 Å². The van der Waals surface area contributed by atoms with Gasteiger partial charge in [-0.3, -0.25) is 4.79 Å². The van der Waals surface area contributed by atoms with Crippen LogP contribution in [0.5, 0.6) is 0 Å². The highest BCUT2D eigenvalue weighted by Crippen LogP contribution is 1.94. The number of hydrogen-bond donors (Lipinski definition) is 0. The summed E-state index contributed by atoms with van der Waals surface area (Å²) in [5.41, 5.74) is 0.482. The summed E-state index contributed by atoms with van der Waals surface area (Å²) in [6.07, 6.45) is 3.67. The van der Waals surface area contributed by atoms with Crippen LogP contribution in [-0.4, -0.2) is 22.9 Å². The van der Waals surface area contributed by atoms with Crippen molar-refractivity contribution in [3.63, 3.8) is 0 Å². The summed E-state index contributed by atoms with van der Waals surface area (Å²) in [5, 5.41) is 0. The molecule has 0 aliphatic rings. The van der Waals surface area contributed by atoms with Crippen molar-refractivity contribution in [1.29, 1.82) is 0 Å². The summed E-state index contributed by atoms with van der Waals surface area (Å²) in [6.45, 7) is 2.94. The first-order valence-electron chi connectivity index (χ1n) is 3.70. The van der Waals surface area contributed by atoms with Crippen LogP contribution in [0.2, 0.25) is 0 Å². The van der Waals surface area contributed by atoms with Gasteiger partial charge in [0, 0.05) is 19.0 Å². The van der Waals surface area contributed by atoms with Crippen molar-refractivity contribution >= 4 is 6.29 Å². The molecule has 1 aromatic heterocycles. The zero-order chi connectivity index (χ0) is 8.81. The van der Waals surface area contributed by atoms with Crippen LogP contribution in [-0.2, 0) is 11.3 Å². The van der Waals surface area contributed by atoms with Gasteiger partial charge in [0.15, 0.2) is 12.1 Å². The first-order valence-corrected chi connectivity index (χ1v) is 3.70. The van der Waals surface area contributed by atoms with Crippen LogP contribution in [0.4, 0.5) is 0 Å². The Bertz CT molecular complexity index is 246. The molecule has 0 atom stereocenters. The average molecular weight is 166 g/mol. The quantitative estimate of drug-likeness (QED) is 0.621. The Hall–Kier alpha value is -1.29. The van der Waals surface area contributed by atoms with Gasteiger partial charge in [-0.25, -0.2) is 9.97 Å². The zero-order valence-corrected chi connectivity index (χ0v) is 6.86. The summed E-state index contributed by atoms with van der Waals surface area (Å²) in [7, 11) is 0. The third-order valence-electron chi connectivity index (χ3n) is 1.30. The molecule has 0 aromatic carbocycles. The Labute approximate surface area is 70.6 Å². The van der Waals surface area contributed by atoms with E-state index in [9.17, 15) is 4.79 Å². The van der Waals surface area contributed by atoms with Crippen molar-refractivity contribution in [2.45, 2.75) is 13.5 Å². The second kappa shape index (κ2) is 4.56. The van der Waals surface area contributed by atoms with Crippen molar-refractivity contribution in [2.75, 3.05) is 6.61 Å². The fourth-order valence-corrected chi connectivity index (χ4v) is 0.694. The number of rotatable bonds is 4. The molecule has 0 radical (unpaired) electrons. The number of carbonyl (C=O) groups is 1. The number of hydrogen-bond acceptors (Lipinski definition) is 4. The third-order valence-corrected chi connectivity index (χ3v) is 1.30. The van der Waals surface area contributed by atoms with Gasteiger partial charge < -0.3 is 4.74 Å². The van der Waals surface area contributed by atoms with E-state index in [1.807, 2.05) is 6.92 Å². The summed E-state index contributed by atoms with van der Waals surface area (Å²) in [5.74, 6) is 0.599. The zero-order valence-electron chi connectivity index (χ0n) is 6.86. The molecule has 0 N–H and O–H groups in total. The van der Waals surface area contributed by atoms with Gasteiger partial charge in [-0.1, -0.05) is 0 Å². The molecular formula is C8H10N2O2. The largest absolute Gasteiger partial charge is 0.374 e. The van der Waals surface area contributed by atoms with Crippen LogP contribution in [0.25, 0.3) is 0 Å². The standard InChI is InChI=1S/C8H10N2O2/c1-2-12-6-8-9-3-7(5-11)4-10-8/h3-5H,2,6H2,1H3. The molecule has 64 valence electrons. The lowest BCUT2D eigenvalue weighted by atomic mass is 10.4. The fraction of sp³-hybridized carbons (Fsp3) is 0.375. The molecule has 1 heterocycles. The average Bonchev–Trinajstić information content (AvgIpc) is 2.15. The van der Waals surface area contributed by atoms with Gasteiger partial charge >= 0.3 is 0 Å². The molecule has 4 heteroatoms. The summed E-state index contributed by atoms with van der Waals surface area (Å²) >= 11 is 0. The van der Waals surface area contributed by atoms with Gasteiger partial charge in [-0.15, -0.1) is 0 Å². The molecule has 4 nitrogen and oxygen atoms in total. The van der Waals surface area contributed by atoms with E-state index in [1.165, 1.54) is 12.4 Å². The Morgan fingerprint density at radius 2 is 2.17 bits per heavy atom. The summed E-state index contributed by atoms with van der Waals surface area (Å²) in [4.78, 5) is 18.1. The summed E-state index contributed by atoms with van der Waals surface area (Å²) < 4.78 is 5.08. The second-order valence-corrected chi connectivity index (χ2v) is 2.19. The van der Waals surface area contributed by atoms with Gasteiger partial charge in [0.1, 0.15) is 6.61 Å². The maximum Gasteiger partial charge on any atom is 0.153 e. The minimum atomic E-state index is 0.398. The van der Waals surface area contributed by atoms with E-state index in [-0.39, 0.29) is 0 Å². The molecular weight excluding hydrogens is 156 g/mol. The number of ether oxygens (including phenoxy) is 1. The van der Waals surface area contributed by atoms with Crippen LogP contribution >= 0.6 is 0 Å². The number of carbonyl (C=O) groups excluding carboxylic acids is 1. The Morgan fingerprint density at radius 1 is 1.50 bits per heavy atom. The van der Waals surface area contributed by atoms with Crippen molar-refractivity contribution in [3.8, 4) is 0 Å². The van der Waals surface area contributed by atoms with Gasteiger partial charge in [-0.2, -0.15) is 0 Å². The highest BCUT2D eigenvalue weighted by molar-refractivity contribution is 5.73. The van der Waals surface area contributed by atoms with Crippen LogP contribution in [0.3, 0.4) is 0 Å². The van der Waals surface area contributed by atoms with E-state index >= 15 is 0 Å². The predicted molar refractivity (Wildman–Crippen MR) is 42.7 cm³/mol. The van der Waals surface area contributed by atoms with E-state index in [0.29, 0.717) is 30.9 Å². The minimum Gasteiger partial charge on any atom is -0.374 e. The topological polar surface area (TPSA) is 52.1 Å². The SMILES string of the molecule is CCOCc1ncc(C=O)cn1. The predicted octanol–water partition coefficient (Wildman–Crippen LogP) is 0.826. The van der Waals surface area contributed by atoms with Crippen LogP contribution < -0.4 is 0 Å². The normalized spacial score (nSPS) is 9.75. The fourth-order valence-electron chi connectivity index (χ4n) is 0.694. The number of aromatic nitrogens is 2. The van der Waals surface area contributed by atoms with E-state index in [1.54, 1.807) is 0 Å². The number of aldehydes is 1. The van der Waals surface area contributed by atoms with E-state index in [4.69, 9.17) is 4.74 Å². The molecule has 0 bridgehead atoms. The van der Waals surface area contributed by atoms with Crippen molar-refractivity contribution in [3.05, 3.63) is 23.8 Å². The molecule has 0 saturated heterocycles. The maximum atomic E-state index is 10.2. The molecule has 12 heavy (non-hydrogen) atoms. The molecule has 0 amide bonds. The van der Waals surface area contributed by atoms with Crippen molar-refractivity contribution < 1.29 is 9.53 Å². The Morgan fingerprint density at radius 3 is 2.67 bits per heavy atom. The molecule has 0 spiro atoms. The summed E-state index contributed by atoms with van der Waals surface area (Å²) in [6, 6.07) is 0. The Balaban J connectivity index is 2.58. The third kappa shape index (κ3) is 2.39. The number of nitrogens with zero attached hydrogens (tertiary/aromatic N) is 2. The van der Waals surface area contributed by atoms with Gasteiger partial charge in [0.05, 0.1) is 5.56 Å². The monoisotopic (exact) mass is 166 g/mol. The van der Waals surface area contributed by atoms with E-state index in [0.717, 1.165) is 0 Å². The van der Waals surface area contributed by atoms with Crippen molar-refractivity contribution in [1.82, 2.24) is 9.97 Å². The molecule has 1 aromatic rings. The molecule has 0 saturated carbocycles. The molecule has 0 fully saturated rings. The maximum absolute atomic E-state index is 10.2. The molecule has 1 rings (SSSR count). The van der Waals surface area contributed by atoms with Gasteiger partial charge in [-0.05, 0) is 6.92 Å².